The van der Waals surface area contributed by atoms with Gasteiger partial charge in [-0.2, -0.15) is 0 Å². The van der Waals surface area contributed by atoms with Gasteiger partial charge in [0.15, 0.2) is 0 Å². The number of likely N-dealkylation sites (tertiary alicyclic amines) is 1. The molecule has 152 valence electrons. The molecule has 1 amide bonds. The van der Waals surface area contributed by atoms with Crippen LogP contribution in [-0.2, 0) is 10.3 Å². The Bertz CT molecular complexity index is 909. The van der Waals surface area contributed by atoms with Crippen LogP contribution in [0.25, 0.3) is 0 Å². The van der Waals surface area contributed by atoms with E-state index in [4.69, 9.17) is 4.74 Å². The maximum atomic E-state index is 13.1. The van der Waals surface area contributed by atoms with Crippen molar-refractivity contribution < 1.29 is 9.53 Å². The fourth-order valence-electron chi connectivity index (χ4n) is 4.60. The Labute approximate surface area is 170 Å². The van der Waals surface area contributed by atoms with Crippen molar-refractivity contribution in [2.75, 3.05) is 31.6 Å². The summed E-state index contributed by atoms with van der Waals surface area (Å²) in [6.45, 7) is 5.10. The first-order valence-corrected chi connectivity index (χ1v) is 10.3. The number of carbonyl (C=O) groups excluding carboxylic acids is 1. The van der Waals surface area contributed by atoms with E-state index in [0.717, 1.165) is 64.0 Å². The van der Waals surface area contributed by atoms with Gasteiger partial charge >= 0.3 is 0 Å². The van der Waals surface area contributed by atoms with Crippen LogP contribution < -0.4 is 5.32 Å². The van der Waals surface area contributed by atoms with Crippen molar-refractivity contribution in [3.05, 3.63) is 41.7 Å². The van der Waals surface area contributed by atoms with Crippen molar-refractivity contribution >= 4 is 11.9 Å². The van der Waals surface area contributed by atoms with Crippen LogP contribution in [0.15, 0.2) is 24.9 Å². The molecule has 29 heavy (non-hydrogen) atoms. The number of nitrogens with zero attached hydrogens (tertiary/aromatic N) is 5. The number of ether oxygens (including phenoxy) is 1. The second-order valence-corrected chi connectivity index (χ2v) is 8.62. The number of nitrogens with one attached hydrogen (secondary N) is 1. The lowest BCUT2D eigenvalue weighted by Gasteiger charge is -2.33. The van der Waals surface area contributed by atoms with E-state index in [0.29, 0.717) is 17.2 Å². The van der Waals surface area contributed by atoms with Gasteiger partial charge in [-0.3, -0.25) is 4.79 Å². The quantitative estimate of drug-likeness (QED) is 0.850. The van der Waals surface area contributed by atoms with Crippen LogP contribution in [0.5, 0.6) is 0 Å². The molecular weight excluding hydrogens is 368 g/mol. The van der Waals surface area contributed by atoms with Crippen LogP contribution in [0.3, 0.4) is 0 Å². The highest BCUT2D eigenvalue weighted by atomic mass is 16.5. The highest BCUT2D eigenvalue weighted by Gasteiger charge is 2.46. The first kappa shape index (κ1) is 18.4. The van der Waals surface area contributed by atoms with Gasteiger partial charge in [0, 0.05) is 50.5 Å². The smallest absolute Gasteiger partial charge is 0.257 e. The molecule has 8 heteroatoms. The Hall–Kier alpha value is -2.61. The summed E-state index contributed by atoms with van der Waals surface area (Å²) in [6, 6.07) is 0. The Morgan fingerprint density at radius 1 is 1.10 bits per heavy atom. The molecule has 3 aliphatic rings. The first-order valence-electron chi connectivity index (χ1n) is 10.3. The topological polar surface area (TPSA) is 93.1 Å². The summed E-state index contributed by atoms with van der Waals surface area (Å²) in [6.07, 6.45) is 12.0. The summed E-state index contributed by atoms with van der Waals surface area (Å²) in [5.74, 6) is 0.581. The predicted octanol–water partition coefficient (Wildman–Crippen LogP) is 2.32. The molecule has 0 atom stereocenters. The van der Waals surface area contributed by atoms with E-state index in [1.807, 2.05) is 24.2 Å². The lowest BCUT2D eigenvalue weighted by atomic mass is 9.80. The zero-order valence-electron chi connectivity index (χ0n) is 16.7. The highest BCUT2D eigenvalue weighted by Crippen LogP contribution is 2.47. The van der Waals surface area contributed by atoms with Gasteiger partial charge in [-0.1, -0.05) is 0 Å². The summed E-state index contributed by atoms with van der Waals surface area (Å²) < 4.78 is 5.51. The second-order valence-electron chi connectivity index (χ2n) is 8.62. The lowest BCUT2D eigenvalue weighted by molar-refractivity contribution is 0.0190. The largest absolute Gasteiger partial charge is 0.381 e. The Kier molecular flexibility index (Phi) is 4.46. The summed E-state index contributed by atoms with van der Waals surface area (Å²) in [4.78, 5) is 32.3. The van der Waals surface area contributed by atoms with E-state index in [1.165, 1.54) is 6.33 Å². The number of hydrogen-bond donors (Lipinski definition) is 1. The van der Waals surface area contributed by atoms with E-state index in [-0.39, 0.29) is 16.9 Å². The van der Waals surface area contributed by atoms with Crippen LogP contribution in [0.1, 0.15) is 53.7 Å². The molecule has 3 fully saturated rings. The molecular formula is C21H26N6O2. The minimum Gasteiger partial charge on any atom is -0.381 e. The SMILES string of the molecule is Cc1nc(NC2(c3cncnc3)CC2)ncc1C(=O)N1CCC2(CCOCC2)C1. The molecule has 0 unspecified atom stereocenters. The summed E-state index contributed by atoms with van der Waals surface area (Å²) in [7, 11) is 0. The van der Waals surface area contributed by atoms with Crippen molar-refractivity contribution in [2.45, 2.75) is 44.6 Å². The molecule has 8 nitrogen and oxygen atoms in total. The third kappa shape index (κ3) is 3.46. The molecule has 1 saturated carbocycles. The normalized spacial score (nSPS) is 21.9. The third-order valence-electron chi connectivity index (χ3n) is 6.70. The van der Waals surface area contributed by atoms with Gasteiger partial charge in [0.2, 0.25) is 5.95 Å². The van der Waals surface area contributed by atoms with Gasteiger partial charge in [0.1, 0.15) is 6.33 Å². The second kappa shape index (κ2) is 7.02. The zero-order valence-corrected chi connectivity index (χ0v) is 16.7. The lowest BCUT2D eigenvalue weighted by Crippen LogP contribution is -2.36. The van der Waals surface area contributed by atoms with Crippen LogP contribution in [0.4, 0.5) is 5.95 Å². The standard InChI is InChI=1S/C21H26N6O2/c1-15-17(18(28)27-7-4-20(13-27)5-8-29-9-6-20)12-24-19(25-15)26-21(2-3-21)16-10-22-14-23-11-16/h10-12,14H,2-9,13H2,1H3,(H,24,25,26). The molecule has 2 saturated heterocycles. The molecule has 1 aliphatic carbocycles. The molecule has 0 bridgehead atoms. The highest BCUT2D eigenvalue weighted by molar-refractivity contribution is 5.95. The summed E-state index contributed by atoms with van der Waals surface area (Å²) >= 11 is 0. The molecule has 5 rings (SSSR count). The molecule has 2 aromatic heterocycles. The van der Waals surface area contributed by atoms with Gasteiger partial charge in [-0.25, -0.2) is 19.9 Å². The van der Waals surface area contributed by atoms with Crippen LogP contribution in [0.2, 0.25) is 0 Å². The van der Waals surface area contributed by atoms with Gasteiger partial charge in [-0.05, 0) is 44.4 Å². The third-order valence-corrected chi connectivity index (χ3v) is 6.70. The van der Waals surface area contributed by atoms with E-state index in [2.05, 4.69) is 25.3 Å². The van der Waals surface area contributed by atoms with E-state index in [9.17, 15) is 4.79 Å². The molecule has 2 aromatic rings. The number of amides is 1. The molecule has 1 spiro atoms. The molecule has 0 radical (unpaired) electrons. The number of rotatable bonds is 4. The van der Waals surface area contributed by atoms with E-state index >= 15 is 0 Å². The first-order chi connectivity index (χ1) is 14.1. The van der Waals surface area contributed by atoms with E-state index < -0.39 is 0 Å². The Morgan fingerprint density at radius 3 is 2.55 bits per heavy atom. The minimum absolute atomic E-state index is 0.0370. The molecule has 4 heterocycles. The maximum absolute atomic E-state index is 13.1. The number of aromatic nitrogens is 4. The van der Waals surface area contributed by atoms with Crippen molar-refractivity contribution in [1.29, 1.82) is 0 Å². The van der Waals surface area contributed by atoms with Crippen molar-refractivity contribution in [3.8, 4) is 0 Å². The zero-order chi connectivity index (χ0) is 19.9. The van der Waals surface area contributed by atoms with Crippen LogP contribution in [0, 0.1) is 12.3 Å². The van der Waals surface area contributed by atoms with Crippen molar-refractivity contribution in [1.82, 2.24) is 24.8 Å². The number of carbonyl (C=O) groups is 1. The fourth-order valence-corrected chi connectivity index (χ4v) is 4.60. The average molecular weight is 394 g/mol. The van der Waals surface area contributed by atoms with Crippen molar-refractivity contribution in [2.24, 2.45) is 5.41 Å². The van der Waals surface area contributed by atoms with Gasteiger partial charge in [0.25, 0.3) is 5.91 Å². The van der Waals surface area contributed by atoms with Gasteiger partial charge in [0.05, 0.1) is 16.8 Å². The van der Waals surface area contributed by atoms with Gasteiger partial charge in [-0.15, -0.1) is 0 Å². The number of anilines is 1. The molecule has 0 aromatic carbocycles. The summed E-state index contributed by atoms with van der Waals surface area (Å²) in [5.41, 5.74) is 2.39. The van der Waals surface area contributed by atoms with Crippen LogP contribution in [-0.4, -0.2) is 57.0 Å². The summed E-state index contributed by atoms with van der Waals surface area (Å²) in [5, 5.41) is 3.43. The number of hydrogen-bond acceptors (Lipinski definition) is 7. The molecule has 1 N–H and O–H groups in total. The Balaban J connectivity index is 1.30. The average Bonchev–Trinajstić information content (AvgIpc) is 3.42. The molecule has 2 aliphatic heterocycles. The van der Waals surface area contributed by atoms with Gasteiger partial charge < -0.3 is 15.0 Å². The predicted molar refractivity (Wildman–Crippen MR) is 106 cm³/mol. The Morgan fingerprint density at radius 2 is 1.86 bits per heavy atom. The van der Waals surface area contributed by atoms with Crippen LogP contribution >= 0.6 is 0 Å². The minimum atomic E-state index is -0.191. The van der Waals surface area contributed by atoms with E-state index in [1.54, 1.807) is 6.20 Å². The monoisotopic (exact) mass is 394 g/mol. The van der Waals surface area contributed by atoms with Crippen molar-refractivity contribution in [3.63, 3.8) is 0 Å². The maximum Gasteiger partial charge on any atom is 0.257 e. The number of aryl methyl sites for hydroxylation is 1. The fraction of sp³-hybridized carbons (Fsp3) is 0.571.